The lowest BCUT2D eigenvalue weighted by Crippen LogP contribution is -2.25. The van der Waals surface area contributed by atoms with Crippen LogP contribution in [0, 0.1) is 0 Å². The third-order valence-corrected chi connectivity index (χ3v) is 2.92. The number of nitrogens with two attached hydrogens (primary N) is 1. The number of methoxy groups -OCH3 is 1. The fraction of sp³-hybridized carbons (Fsp3) is 0.250. The van der Waals surface area contributed by atoms with E-state index in [0.717, 1.165) is 11.3 Å². The zero-order valence-electron chi connectivity index (χ0n) is 12.4. The van der Waals surface area contributed by atoms with Crippen LogP contribution in [-0.2, 0) is 11.3 Å². The van der Waals surface area contributed by atoms with Gasteiger partial charge in [-0.05, 0) is 17.7 Å². The largest absolute Gasteiger partial charge is 0.497 e. The molecule has 0 atom stereocenters. The molecular formula is C16H19N3O3. The van der Waals surface area contributed by atoms with Gasteiger partial charge >= 0.3 is 0 Å². The Balaban J connectivity index is 1.92. The summed E-state index contributed by atoms with van der Waals surface area (Å²) in [7, 11) is 1.60. The molecule has 0 saturated carbocycles. The SMILES string of the molecule is COc1cccc(Oc2ccc(CNC(=O)CCN)cn2)c1. The van der Waals surface area contributed by atoms with E-state index in [1.807, 2.05) is 24.3 Å². The van der Waals surface area contributed by atoms with E-state index < -0.39 is 0 Å². The Labute approximate surface area is 129 Å². The number of benzene rings is 1. The van der Waals surface area contributed by atoms with Crippen LogP contribution in [0.1, 0.15) is 12.0 Å². The van der Waals surface area contributed by atoms with Crippen molar-refractivity contribution in [3.8, 4) is 17.4 Å². The molecule has 0 spiro atoms. The second-order valence-electron chi connectivity index (χ2n) is 4.60. The van der Waals surface area contributed by atoms with Crippen LogP contribution in [0.4, 0.5) is 0 Å². The molecule has 6 heteroatoms. The number of nitrogens with zero attached hydrogens (tertiary/aromatic N) is 1. The number of aromatic nitrogens is 1. The second-order valence-corrected chi connectivity index (χ2v) is 4.60. The summed E-state index contributed by atoms with van der Waals surface area (Å²) in [4.78, 5) is 15.6. The standard InChI is InChI=1S/C16H19N3O3/c1-21-13-3-2-4-14(9-13)22-16-6-5-12(11-19-16)10-18-15(20)7-8-17/h2-6,9,11H,7-8,10,17H2,1H3,(H,18,20). The summed E-state index contributed by atoms with van der Waals surface area (Å²) >= 11 is 0. The van der Waals surface area contributed by atoms with E-state index in [4.69, 9.17) is 15.2 Å². The second kappa shape index (κ2) is 7.99. The lowest BCUT2D eigenvalue weighted by molar-refractivity contribution is -0.121. The molecule has 6 nitrogen and oxygen atoms in total. The molecule has 116 valence electrons. The first-order valence-electron chi connectivity index (χ1n) is 6.95. The average molecular weight is 301 g/mol. The van der Waals surface area contributed by atoms with Crippen molar-refractivity contribution in [3.05, 3.63) is 48.2 Å². The third kappa shape index (κ3) is 4.75. The molecule has 0 saturated heterocycles. The van der Waals surface area contributed by atoms with Gasteiger partial charge < -0.3 is 20.5 Å². The minimum absolute atomic E-state index is 0.0702. The molecule has 1 aromatic heterocycles. The Morgan fingerprint density at radius 1 is 1.27 bits per heavy atom. The zero-order valence-corrected chi connectivity index (χ0v) is 12.4. The number of ether oxygens (including phenoxy) is 2. The summed E-state index contributed by atoms with van der Waals surface area (Å²) in [5, 5.41) is 2.77. The summed E-state index contributed by atoms with van der Waals surface area (Å²) < 4.78 is 10.8. The van der Waals surface area contributed by atoms with Gasteiger partial charge in [-0.3, -0.25) is 4.79 Å². The number of carbonyl (C=O) groups excluding carboxylic acids is 1. The van der Waals surface area contributed by atoms with E-state index in [1.54, 1.807) is 25.4 Å². The van der Waals surface area contributed by atoms with E-state index in [0.29, 0.717) is 31.1 Å². The Kier molecular flexibility index (Phi) is 5.73. The van der Waals surface area contributed by atoms with Crippen molar-refractivity contribution in [2.24, 2.45) is 5.73 Å². The summed E-state index contributed by atoms with van der Waals surface area (Å²) in [5.41, 5.74) is 6.21. The van der Waals surface area contributed by atoms with E-state index in [9.17, 15) is 4.79 Å². The van der Waals surface area contributed by atoms with Gasteiger partial charge in [-0.1, -0.05) is 12.1 Å². The van der Waals surface area contributed by atoms with Gasteiger partial charge in [0.05, 0.1) is 7.11 Å². The smallest absolute Gasteiger partial charge is 0.221 e. The predicted octanol–water partition coefficient (Wildman–Crippen LogP) is 1.85. The number of nitrogens with one attached hydrogen (secondary N) is 1. The van der Waals surface area contributed by atoms with Crippen molar-refractivity contribution in [2.45, 2.75) is 13.0 Å². The van der Waals surface area contributed by atoms with Crippen molar-refractivity contribution in [1.82, 2.24) is 10.3 Å². The number of amides is 1. The molecule has 0 aliphatic rings. The molecular weight excluding hydrogens is 282 g/mol. The highest BCUT2D eigenvalue weighted by atomic mass is 16.5. The van der Waals surface area contributed by atoms with Gasteiger partial charge in [0.15, 0.2) is 0 Å². The fourth-order valence-electron chi connectivity index (χ4n) is 1.78. The summed E-state index contributed by atoms with van der Waals surface area (Å²) in [6, 6.07) is 10.9. The van der Waals surface area contributed by atoms with E-state index in [2.05, 4.69) is 10.3 Å². The maximum absolute atomic E-state index is 11.3. The number of carbonyl (C=O) groups is 1. The van der Waals surface area contributed by atoms with Crippen LogP contribution in [0.2, 0.25) is 0 Å². The van der Waals surface area contributed by atoms with Gasteiger partial charge in [0.1, 0.15) is 11.5 Å². The molecule has 0 aliphatic heterocycles. The zero-order chi connectivity index (χ0) is 15.8. The van der Waals surface area contributed by atoms with E-state index in [1.165, 1.54) is 0 Å². The quantitative estimate of drug-likeness (QED) is 0.815. The molecule has 1 heterocycles. The summed E-state index contributed by atoms with van der Waals surface area (Å²) in [6.07, 6.45) is 1.99. The van der Waals surface area contributed by atoms with Crippen LogP contribution in [0.3, 0.4) is 0 Å². The minimum Gasteiger partial charge on any atom is -0.497 e. The van der Waals surface area contributed by atoms with Crippen molar-refractivity contribution in [3.63, 3.8) is 0 Å². The number of hydrogen-bond donors (Lipinski definition) is 2. The van der Waals surface area contributed by atoms with Gasteiger partial charge in [-0.2, -0.15) is 0 Å². The van der Waals surface area contributed by atoms with Crippen molar-refractivity contribution < 1.29 is 14.3 Å². The maximum atomic E-state index is 11.3. The Hall–Kier alpha value is -2.60. The molecule has 0 aliphatic carbocycles. The van der Waals surface area contributed by atoms with Gasteiger partial charge in [0.2, 0.25) is 11.8 Å². The van der Waals surface area contributed by atoms with Crippen molar-refractivity contribution >= 4 is 5.91 Å². The molecule has 3 N–H and O–H groups in total. The highest BCUT2D eigenvalue weighted by molar-refractivity contribution is 5.75. The van der Waals surface area contributed by atoms with Crippen molar-refractivity contribution in [1.29, 1.82) is 0 Å². The van der Waals surface area contributed by atoms with Crippen LogP contribution >= 0.6 is 0 Å². The van der Waals surface area contributed by atoms with Crippen LogP contribution in [0.15, 0.2) is 42.6 Å². The molecule has 0 unspecified atom stereocenters. The summed E-state index contributed by atoms with van der Waals surface area (Å²) in [6.45, 7) is 0.767. The summed E-state index contributed by atoms with van der Waals surface area (Å²) in [5.74, 6) is 1.78. The first kappa shape index (κ1) is 15.8. The topological polar surface area (TPSA) is 86.5 Å². The van der Waals surface area contributed by atoms with Crippen LogP contribution in [0.5, 0.6) is 17.4 Å². The molecule has 2 rings (SSSR count). The van der Waals surface area contributed by atoms with E-state index in [-0.39, 0.29) is 5.91 Å². The highest BCUT2D eigenvalue weighted by Gasteiger charge is 2.03. The number of rotatable bonds is 7. The molecule has 0 bridgehead atoms. The fourth-order valence-corrected chi connectivity index (χ4v) is 1.78. The van der Waals surface area contributed by atoms with Gasteiger partial charge in [0, 0.05) is 37.8 Å². The van der Waals surface area contributed by atoms with Gasteiger partial charge in [-0.25, -0.2) is 4.98 Å². The van der Waals surface area contributed by atoms with Crippen molar-refractivity contribution in [2.75, 3.05) is 13.7 Å². The lowest BCUT2D eigenvalue weighted by Gasteiger charge is -2.08. The monoisotopic (exact) mass is 301 g/mol. The molecule has 0 fully saturated rings. The molecule has 1 amide bonds. The van der Waals surface area contributed by atoms with Gasteiger partial charge in [0.25, 0.3) is 0 Å². The normalized spacial score (nSPS) is 10.1. The Morgan fingerprint density at radius 3 is 2.77 bits per heavy atom. The predicted molar refractivity (Wildman–Crippen MR) is 82.8 cm³/mol. The number of hydrogen-bond acceptors (Lipinski definition) is 5. The third-order valence-electron chi connectivity index (χ3n) is 2.92. The Bertz CT molecular complexity index is 614. The molecule has 1 aromatic carbocycles. The first-order valence-corrected chi connectivity index (χ1v) is 6.95. The molecule has 2 aromatic rings. The van der Waals surface area contributed by atoms with Crippen LogP contribution < -0.4 is 20.5 Å². The molecule has 0 radical (unpaired) electrons. The molecule has 22 heavy (non-hydrogen) atoms. The lowest BCUT2D eigenvalue weighted by atomic mass is 10.2. The Morgan fingerprint density at radius 2 is 2.09 bits per heavy atom. The van der Waals surface area contributed by atoms with Crippen LogP contribution in [-0.4, -0.2) is 24.5 Å². The van der Waals surface area contributed by atoms with E-state index >= 15 is 0 Å². The minimum atomic E-state index is -0.0702. The average Bonchev–Trinajstić information content (AvgIpc) is 2.55. The maximum Gasteiger partial charge on any atom is 0.221 e. The van der Waals surface area contributed by atoms with Gasteiger partial charge in [-0.15, -0.1) is 0 Å². The first-order chi connectivity index (χ1) is 10.7. The highest BCUT2D eigenvalue weighted by Crippen LogP contribution is 2.23. The number of pyridine rings is 1. The van der Waals surface area contributed by atoms with Crippen LogP contribution in [0.25, 0.3) is 0 Å².